The van der Waals surface area contributed by atoms with Crippen molar-refractivity contribution in [1.82, 2.24) is 20.3 Å². The number of nitrogens with two attached hydrogens (primary N) is 1. The average molecular weight is 241 g/mol. The summed E-state index contributed by atoms with van der Waals surface area (Å²) in [7, 11) is 0. The molecule has 17 heavy (non-hydrogen) atoms. The minimum atomic E-state index is -0.319. The zero-order chi connectivity index (χ0) is 12.9. The first-order valence-electron chi connectivity index (χ1n) is 5.43. The van der Waals surface area contributed by atoms with Crippen molar-refractivity contribution in [2.45, 2.75) is 26.9 Å². The van der Waals surface area contributed by atoms with Crippen LogP contribution in [0.4, 0.5) is 0 Å². The van der Waals surface area contributed by atoms with Crippen molar-refractivity contribution >= 4 is 5.91 Å². The van der Waals surface area contributed by atoms with Crippen LogP contribution in [0.25, 0.3) is 0 Å². The van der Waals surface area contributed by atoms with Crippen LogP contribution in [0.3, 0.4) is 0 Å². The van der Waals surface area contributed by atoms with Gasteiger partial charge in [0.2, 0.25) is 5.91 Å². The van der Waals surface area contributed by atoms with Crippen LogP contribution in [0.2, 0.25) is 0 Å². The lowest BCUT2D eigenvalue weighted by molar-refractivity contribution is -0.122. The van der Waals surface area contributed by atoms with Gasteiger partial charge in [-0.05, 0) is 0 Å². The minimum absolute atomic E-state index is 0.0218. The van der Waals surface area contributed by atoms with Gasteiger partial charge in [0.25, 0.3) is 0 Å². The van der Waals surface area contributed by atoms with Gasteiger partial charge in [0.1, 0.15) is 6.54 Å². The topological polar surface area (TPSA) is 106 Å². The molecule has 0 bridgehead atoms. The molecule has 0 aromatic carbocycles. The maximum Gasteiger partial charge on any atom is 0.241 e. The van der Waals surface area contributed by atoms with Crippen LogP contribution in [0.15, 0.2) is 6.20 Å². The molecule has 1 heterocycles. The molecular formula is C10H19N5O2. The Balaban J connectivity index is 2.39. The predicted octanol–water partition coefficient (Wildman–Crippen LogP) is -1.13. The summed E-state index contributed by atoms with van der Waals surface area (Å²) in [6, 6.07) is 0. The monoisotopic (exact) mass is 241 g/mol. The molecule has 0 saturated heterocycles. The molecule has 1 rings (SSSR count). The van der Waals surface area contributed by atoms with E-state index in [1.807, 2.05) is 13.8 Å². The SMILES string of the molecule is CC(C)(CO)CNC(=O)Cn1cc(CN)nn1. The van der Waals surface area contributed by atoms with E-state index in [2.05, 4.69) is 15.6 Å². The molecule has 0 spiro atoms. The molecule has 0 radical (unpaired) electrons. The van der Waals surface area contributed by atoms with Gasteiger partial charge in [-0.3, -0.25) is 4.79 Å². The van der Waals surface area contributed by atoms with Gasteiger partial charge in [0, 0.05) is 25.1 Å². The highest BCUT2D eigenvalue weighted by atomic mass is 16.3. The number of nitrogens with one attached hydrogen (secondary N) is 1. The van der Waals surface area contributed by atoms with E-state index < -0.39 is 0 Å². The van der Waals surface area contributed by atoms with Gasteiger partial charge >= 0.3 is 0 Å². The first-order chi connectivity index (χ1) is 7.96. The van der Waals surface area contributed by atoms with Crippen LogP contribution < -0.4 is 11.1 Å². The highest BCUT2D eigenvalue weighted by Gasteiger charge is 2.17. The smallest absolute Gasteiger partial charge is 0.241 e. The van der Waals surface area contributed by atoms with Gasteiger partial charge < -0.3 is 16.2 Å². The summed E-state index contributed by atoms with van der Waals surface area (Å²) in [5.74, 6) is -0.167. The van der Waals surface area contributed by atoms with Crippen LogP contribution in [0.1, 0.15) is 19.5 Å². The molecule has 0 fully saturated rings. The van der Waals surface area contributed by atoms with Crippen LogP contribution in [0, 0.1) is 5.41 Å². The van der Waals surface area contributed by atoms with Crippen LogP contribution in [0.5, 0.6) is 0 Å². The Morgan fingerprint density at radius 3 is 2.88 bits per heavy atom. The number of aliphatic hydroxyl groups excluding tert-OH is 1. The molecule has 1 aromatic heterocycles. The molecule has 7 heteroatoms. The van der Waals surface area contributed by atoms with Gasteiger partial charge in [-0.25, -0.2) is 4.68 Å². The first kappa shape index (κ1) is 13.6. The Hall–Kier alpha value is -1.47. The fraction of sp³-hybridized carbons (Fsp3) is 0.700. The predicted molar refractivity (Wildman–Crippen MR) is 61.8 cm³/mol. The van der Waals surface area contributed by atoms with E-state index in [-0.39, 0.29) is 24.5 Å². The summed E-state index contributed by atoms with van der Waals surface area (Å²) < 4.78 is 1.43. The largest absolute Gasteiger partial charge is 0.396 e. The Labute approximate surface area is 100.0 Å². The highest BCUT2D eigenvalue weighted by molar-refractivity contribution is 5.75. The number of hydrogen-bond acceptors (Lipinski definition) is 5. The average Bonchev–Trinajstić information content (AvgIpc) is 2.74. The van der Waals surface area contributed by atoms with Crippen molar-refractivity contribution in [1.29, 1.82) is 0 Å². The maximum atomic E-state index is 11.6. The lowest BCUT2D eigenvalue weighted by Crippen LogP contribution is -2.37. The number of aliphatic hydroxyl groups is 1. The van der Waals surface area contributed by atoms with E-state index >= 15 is 0 Å². The van der Waals surface area contributed by atoms with Crippen LogP contribution in [-0.4, -0.2) is 39.2 Å². The van der Waals surface area contributed by atoms with E-state index in [1.165, 1.54) is 4.68 Å². The van der Waals surface area contributed by atoms with Crippen molar-refractivity contribution in [2.75, 3.05) is 13.2 Å². The third-order valence-electron chi connectivity index (χ3n) is 2.29. The summed E-state index contributed by atoms with van der Waals surface area (Å²) in [6.45, 7) is 4.59. The quantitative estimate of drug-likeness (QED) is 0.584. The van der Waals surface area contributed by atoms with E-state index in [1.54, 1.807) is 6.20 Å². The Bertz CT molecular complexity index is 375. The third kappa shape index (κ3) is 4.49. The molecule has 1 aromatic rings. The number of carbonyl (C=O) groups is 1. The fourth-order valence-electron chi connectivity index (χ4n) is 1.11. The van der Waals surface area contributed by atoms with Crippen molar-refractivity contribution < 1.29 is 9.90 Å². The van der Waals surface area contributed by atoms with Gasteiger partial charge in [-0.15, -0.1) is 5.10 Å². The first-order valence-corrected chi connectivity index (χ1v) is 5.43. The standard InChI is InChI=1S/C10H19N5O2/c1-10(2,7-16)6-12-9(17)5-15-4-8(3-11)13-14-15/h4,16H,3,5-7,11H2,1-2H3,(H,12,17). The van der Waals surface area contributed by atoms with E-state index in [0.717, 1.165) is 0 Å². The number of carbonyl (C=O) groups excluding carboxylic acids is 1. The maximum absolute atomic E-state index is 11.6. The third-order valence-corrected chi connectivity index (χ3v) is 2.29. The molecular weight excluding hydrogens is 222 g/mol. The molecule has 0 unspecified atom stereocenters. The second kappa shape index (κ2) is 5.74. The van der Waals surface area contributed by atoms with Crippen molar-refractivity contribution in [3.63, 3.8) is 0 Å². The molecule has 0 aliphatic rings. The Morgan fingerprint density at radius 1 is 1.65 bits per heavy atom. The van der Waals surface area contributed by atoms with Gasteiger partial charge in [0.05, 0.1) is 11.9 Å². The Morgan fingerprint density at radius 2 is 2.35 bits per heavy atom. The van der Waals surface area contributed by atoms with Gasteiger partial charge in [-0.1, -0.05) is 19.1 Å². The number of rotatable bonds is 6. The summed E-state index contributed by atoms with van der Waals surface area (Å²) >= 11 is 0. The molecule has 4 N–H and O–H groups in total. The van der Waals surface area contributed by atoms with E-state index in [0.29, 0.717) is 18.8 Å². The summed E-state index contributed by atoms with van der Waals surface area (Å²) in [6.07, 6.45) is 1.64. The second-order valence-electron chi connectivity index (χ2n) is 4.71. The van der Waals surface area contributed by atoms with Gasteiger partial charge in [0.15, 0.2) is 0 Å². The minimum Gasteiger partial charge on any atom is -0.396 e. The van der Waals surface area contributed by atoms with Crippen molar-refractivity contribution in [2.24, 2.45) is 11.1 Å². The normalized spacial score (nSPS) is 11.5. The fourth-order valence-corrected chi connectivity index (χ4v) is 1.11. The summed E-state index contributed by atoms with van der Waals surface area (Å²) in [5, 5.41) is 19.3. The number of amides is 1. The lowest BCUT2D eigenvalue weighted by Gasteiger charge is -2.21. The zero-order valence-corrected chi connectivity index (χ0v) is 10.2. The number of hydrogen-bond donors (Lipinski definition) is 3. The zero-order valence-electron chi connectivity index (χ0n) is 10.2. The molecule has 96 valence electrons. The molecule has 0 saturated carbocycles. The number of aromatic nitrogens is 3. The van der Waals surface area contributed by atoms with Crippen LogP contribution >= 0.6 is 0 Å². The molecule has 0 aliphatic carbocycles. The van der Waals surface area contributed by atoms with E-state index in [9.17, 15) is 4.79 Å². The van der Waals surface area contributed by atoms with E-state index in [4.69, 9.17) is 10.8 Å². The molecule has 1 amide bonds. The lowest BCUT2D eigenvalue weighted by atomic mass is 9.95. The van der Waals surface area contributed by atoms with Crippen molar-refractivity contribution in [3.8, 4) is 0 Å². The van der Waals surface area contributed by atoms with Crippen LogP contribution in [-0.2, 0) is 17.9 Å². The van der Waals surface area contributed by atoms with Crippen molar-refractivity contribution in [3.05, 3.63) is 11.9 Å². The Kier molecular flexibility index (Phi) is 4.59. The highest BCUT2D eigenvalue weighted by Crippen LogP contribution is 2.10. The summed E-state index contributed by atoms with van der Waals surface area (Å²) in [4.78, 5) is 11.6. The molecule has 0 atom stereocenters. The molecule has 7 nitrogen and oxygen atoms in total. The molecule has 0 aliphatic heterocycles. The summed E-state index contributed by atoms with van der Waals surface area (Å²) in [5.41, 5.74) is 5.71. The number of nitrogens with zero attached hydrogens (tertiary/aromatic N) is 3. The second-order valence-corrected chi connectivity index (χ2v) is 4.71. The van der Waals surface area contributed by atoms with Gasteiger partial charge in [-0.2, -0.15) is 0 Å².